The van der Waals surface area contributed by atoms with Gasteiger partial charge in [-0.05, 0) is 12.5 Å². The van der Waals surface area contributed by atoms with Crippen molar-refractivity contribution in [2.45, 2.75) is 24.2 Å². The van der Waals surface area contributed by atoms with Crippen LogP contribution in [0.4, 0.5) is 0 Å². The van der Waals surface area contributed by atoms with Gasteiger partial charge in [-0.1, -0.05) is 30.0 Å². The summed E-state index contributed by atoms with van der Waals surface area (Å²) < 4.78 is 7.20. The SMILES string of the molecule is CCCn1ccc(-c2nnc(SCC(=O)OC)s2)n1. The Morgan fingerprint density at radius 1 is 1.53 bits per heavy atom. The molecule has 0 aliphatic rings. The first-order valence-corrected chi connectivity index (χ1v) is 7.60. The smallest absolute Gasteiger partial charge is 0.316 e. The van der Waals surface area contributed by atoms with Crippen molar-refractivity contribution in [3.63, 3.8) is 0 Å². The second kappa shape index (κ2) is 6.67. The number of hydrogen-bond donors (Lipinski definition) is 0. The average molecular weight is 298 g/mol. The van der Waals surface area contributed by atoms with Crippen molar-refractivity contribution in [3.8, 4) is 10.7 Å². The maximum absolute atomic E-state index is 11.0. The van der Waals surface area contributed by atoms with E-state index in [1.807, 2.05) is 16.9 Å². The molecule has 0 atom stereocenters. The van der Waals surface area contributed by atoms with Gasteiger partial charge in [-0.15, -0.1) is 10.2 Å². The molecule has 2 aromatic heterocycles. The predicted octanol–water partition coefficient (Wildman–Crippen LogP) is 2.08. The molecule has 2 aromatic rings. The zero-order chi connectivity index (χ0) is 13.7. The van der Waals surface area contributed by atoms with Crippen LogP contribution in [0.5, 0.6) is 0 Å². The van der Waals surface area contributed by atoms with Crippen molar-refractivity contribution in [1.29, 1.82) is 0 Å². The van der Waals surface area contributed by atoms with Crippen molar-refractivity contribution in [3.05, 3.63) is 12.3 Å². The number of carbonyl (C=O) groups is 1. The maximum atomic E-state index is 11.0. The highest BCUT2D eigenvalue weighted by Crippen LogP contribution is 2.28. The van der Waals surface area contributed by atoms with Crippen LogP contribution in [0, 0.1) is 0 Å². The van der Waals surface area contributed by atoms with Crippen LogP contribution in [-0.4, -0.2) is 38.8 Å². The molecule has 0 fully saturated rings. The van der Waals surface area contributed by atoms with Crippen LogP contribution in [0.1, 0.15) is 13.3 Å². The molecule has 0 saturated carbocycles. The summed E-state index contributed by atoms with van der Waals surface area (Å²) >= 11 is 2.75. The fourth-order valence-corrected chi connectivity index (χ4v) is 3.03. The minimum absolute atomic E-state index is 0.245. The van der Waals surface area contributed by atoms with E-state index in [1.165, 1.54) is 30.2 Å². The molecule has 2 heterocycles. The highest BCUT2D eigenvalue weighted by atomic mass is 32.2. The van der Waals surface area contributed by atoms with Gasteiger partial charge in [-0.25, -0.2) is 0 Å². The molecule has 19 heavy (non-hydrogen) atoms. The molecule has 2 rings (SSSR count). The van der Waals surface area contributed by atoms with Crippen molar-refractivity contribution < 1.29 is 9.53 Å². The number of hydrogen-bond acceptors (Lipinski definition) is 7. The third-order valence-corrected chi connectivity index (χ3v) is 4.31. The largest absolute Gasteiger partial charge is 0.468 e. The van der Waals surface area contributed by atoms with Crippen LogP contribution in [0.3, 0.4) is 0 Å². The number of aryl methyl sites for hydroxylation is 1. The predicted molar refractivity (Wildman–Crippen MR) is 74.2 cm³/mol. The summed E-state index contributed by atoms with van der Waals surface area (Å²) in [4.78, 5) is 11.0. The average Bonchev–Trinajstić information content (AvgIpc) is 3.05. The van der Waals surface area contributed by atoms with Gasteiger partial charge in [-0.3, -0.25) is 9.48 Å². The molecule has 8 heteroatoms. The summed E-state index contributed by atoms with van der Waals surface area (Å²) in [6.07, 6.45) is 2.97. The van der Waals surface area contributed by atoms with Gasteiger partial charge in [0.1, 0.15) is 5.69 Å². The van der Waals surface area contributed by atoms with E-state index in [1.54, 1.807) is 0 Å². The maximum Gasteiger partial charge on any atom is 0.316 e. The van der Waals surface area contributed by atoms with Gasteiger partial charge in [0.05, 0.1) is 12.9 Å². The fourth-order valence-electron chi connectivity index (χ4n) is 1.38. The zero-order valence-electron chi connectivity index (χ0n) is 10.7. The van der Waals surface area contributed by atoms with E-state index in [2.05, 4.69) is 27.0 Å². The standard InChI is InChI=1S/C11H14N4O2S2/c1-3-5-15-6-4-8(14-15)10-12-13-11(19-10)18-7-9(16)17-2/h4,6H,3,5,7H2,1-2H3. The third-order valence-electron chi connectivity index (χ3n) is 2.26. The number of carbonyl (C=O) groups excluding carboxylic acids is 1. The van der Waals surface area contributed by atoms with Crippen LogP contribution in [0.2, 0.25) is 0 Å². The number of esters is 1. The first-order chi connectivity index (χ1) is 9.22. The normalized spacial score (nSPS) is 10.6. The molecule has 0 amide bonds. The van der Waals surface area contributed by atoms with Crippen LogP contribution in [0.15, 0.2) is 16.6 Å². The van der Waals surface area contributed by atoms with Crippen LogP contribution >= 0.6 is 23.1 Å². The molecule has 0 saturated heterocycles. The van der Waals surface area contributed by atoms with Gasteiger partial charge in [0, 0.05) is 12.7 Å². The first kappa shape index (κ1) is 14.0. The number of ether oxygens (including phenoxy) is 1. The van der Waals surface area contributed by atoms with E-state index in [0.29, 0.717) is 0 Å². The molecular formula is C11H14N4O2S2. The van der Waals surface area contributed by atoms with Gasteiger partial charge >= 0.3 is 5.97 Å². The van der Waals surface area contributed by atoms with E-state index in [9.17, 15) is 4.79 Å². The molecule has 0 radical (unpaired) electrons. The summed E-state index contributed by atoms with van der Waals surface area (Å²) in [5.41, 5.74) is 0.816. The Kier molecular flexibility index (Phi) is 4.92. The number of aromatic nitrogens is 4. The Labute approximate surface area is 119 Å². The number of thioether (sulfide) groups is 1. The summed E-state index contributed by atoms with van der Waals surface area (Å²) in [6, 6.07) is 1.92. The minimum Gasteiger partial charge on any atom is -0.468 e. The molecular weight excluding hydrogens is 284 g/mol. The molecule has 0 bridgehead atoms. The second-order valence-electron chi connectivity index (χ2n) is 3.70. The number of methoxy groups -OCH3 is 1. The molecule has 0 N–H and O–H groups in total. The Hall–Kier alpha value is -1.41. The molecule has 0 aromatic carbocycles. The van der Waals surface area contributed by atoms with Gasteiger partial charge in [0.25, 0.3) is 0 Å². The Balaban J connectivity index is 2.01. The molecule has 6 nitrogen and oxygen atoms in total. The van der Waals surface area contributed by atoms with Crippen LogP contribution < -0.4 is 0 Å². The summed E-state index contributed by atoms with van der Waals surface area (Å²) in [5, 5.41) is 13.3. The lowest BCUT2D eigenvalue weighted by molar-refractivity contribution is -0.137. The number of nitrogens with zero attached hydrogens (tertiary/aromatic N) is 4. The van der Waals surface area contributed by atoms with Gasteiger partial charge in [0.15, 0.2) is 9.35 Å². The highest BCUT2D eigenvalue weighted by Gasteiger charge is 2.11. The lowest BCUT2D eigenvalue weighted by Gasteiger charge is -1.95. The van der Waals surface area contributed by atoms with E-state index < -0.39 is 0 Å². The van der Waals surface area contributed by atoms with Crippen molar-refractivity contribution in [2.75, 3.05) is 12.9 Å². The Morgan fingerprint density at radius 2 is 2.37 bits per heavy atom. The summed E-state index contributed by atoms with van der Waals surface area (Å²) in [7, 11) is 1.37. The summed E-state index contributed by atoms with van der Waals surface area (Å²) in [6.45, 7) is 3.00. The Morgan fingerprint density at radius 3 is 3.11 bits per heavy atom. The van der Waals surface area contributed by atoms with E-state index >= 15 is 0 Å². The van der Waals surface area contributed by atoms with Crippen molar-refractivity contribution in [1.82, 2.24) is 20.0 Å². The number of rotatable bonds is 6. The van der Waals surface area contributed by atoms with Crippen molar-refractivity contribution >= 4 is 29.1 Å². The lowest BCUT2D eigenvalue weighted by Crippen LogP contribution is -2.02. The minimum atomic E-state index is -0.269. The van der Waals surface area contributed by atoms with E-state index in [-0.39, 0.29) is 11.7 Å². The van der Waals surface area contributed by atoms with E-state index in [4.69, 9.17) is 0 Å². The topological polar surface area (TPSA) is 69.9 Å². The molecule has 0 aliphatic heterocycles. The van der Waals surface area contributed by atoms with Gasteiger partial charge in [0.2, 0.25) is 0 Å². The van der Waals surface area contributed by atoms with E-state index in [0.717, 1.165) is 28.0 Å². The van der Waals surface area contributed by atoms with Gasteiger partial charge < -0.3 is 4.74 Å². The monoisotopic (exact) mass is 298 g/mol. The second-order valence-corrected chi connectivity index (χ2v) is 5.90. The zero-order valence-corrected chi connectivity index (χ0v) is 12.3. The van der Waals surface area contributed by atoms with Gasteiger partial charge in [-0.2, -0.15) is 5.10 Å². The third kappa shape index (κ3) is 3.77. The summed E-state index contributed by atoms with van der Waals surface area (Å²) in [5.74, 6) is -0.0240. The molecule has 102 valence electrons. The van der Waals surface area contributed by atoms with Crippen LogP contribution in [0.25, 0.3) is 10.7 Å². The quantitative estimate of drug-likeness (QED) is 0.600. The van der Waals surface area contributed by atoms with Crippen molar-refractivity contribution in [2.24, 2.45) is 0 Å². The van der Waals surface area contributed by atoms with Crippen LogP contribution in [-0.2, 0) is 16.1 Å². The highest BCUT2D eigenvalue weighted by molar-refractivity contribution is 8.01. The first-order valence-electron chi connectivity index (χ1n) is 5.80. The molecule has 0 spiro atoms. The lowest BCUT2D eigenvalue weighted by atomic mass is 10.5. The Bertz CT molecular complexity index is 552. The molecule has 0 aliphatic carbocycles. The molecule has 0 unspecified atom stereocenters. The fraction of sp³-hybridized carbons (Fsp3) is 0.455.